The summed E-state index contributed by atoms with van der Waals surface area (Å²) >= 11 is 0. The van der Waals surface area contributed by atoms with Crippen molar-refractivity contribution in [2.45, 2.75) is 18.8 Å². The minimum atomic E-state index is -4.37. The van der Waals surface area contributed by atoms with E-state index < -0.39 is 17.8 Å². The molecular weight excluding hydrogens is 345 g/mol. The number of para-hydroxylation sites is 1. The van der Waals surface area contributed by atoms with Crippen molar-refractivity contribution in [3.8, 4) is 11.5 Å². The molecule has 0 fully saturated rings. The second-order valence-corrected chi connectivity index (χ2v) is 5.65. The van der Waals surface area contributed by atoms with E-state index in [1.807, 2.05) is 34.9 Å². The molecule has 1 heterocycles. The van der Waals surface area contributed by atoms with Crippen molar-refractivity contribution in [1.82, 2.24) is 9.55 Å². The van der Waals surface area contributed by atoms with Gasteiger partial charge in [-0.25, -0.2) is 4.98 Å². The van der Waals surface area contributed by atoms with Crippen LogP contribution in [0.25, 0.3) is 0 Å². The molecule has 4 nitrogen and oxygen atoms in total. The molecule has 0 aliphatic rings. The van der Waals surface area contributed by atoms with Crippen LogP contribution in [0.5, 0.6) is 11.5 Å². The summed E-state index contributed by atoms with van der Waals surface area (Å²) in [6, 6.07) is 13.9. The fourth-order valence-corrected chi connectivity index (χ4v) is 2.37. The minimum Gasteiger partial charge on any atom is -0.490 e. The van der Waals surface area contributed by atoms with Gasteiger partial charge in [-0.3, -0.25) is 0 Å². The molecule has 1 aromatic heterocycles. The Morgan fingerprint density at radius 2 is 1.69 bits per heavy atom. The predicted octanol–water partition coefficient (Wildman–Crippen LogP) is 4.43. The summed E-state index contributed by atoms with van der Waals surface area (Å²) in [5.41, 5.74) is -0.712. The zero-order valence-electron chi connectivity index (χ0n) is 13.8. The number of benzene rings is 2. The van der Waals surface area contributed by atoms with Crippen LogP contribution in [-0.2, 0) is 12.7 Å². The number of alkyl halides is 3. The first-order valence-corrected chi connectivity index (χ1v) is 7.98. The van der Waals surface area contributed by atoms with E-state index in [-0.39, 0.29) is 6.61 Å². The van der Waals surface area contributed by atoms with Crippen LogP contribution in [0.3, 0.4) is 0 Å². The summed E-state index contributed by atoms with van der Waals surface area (Å²) in [5.74, 6) is 1.04. The Hall–Kier alpha value is -2.96. The lowest BCUT2D eigenvalue weighted by atomic mass is 10.2. The molecule has 0 radical (unpaired) electrons. The highest BCUT2D eigenvalue weighted by Gasteiger charge is 2.30. The largest absolute Gasteiger partial charge is 0.490 e. The third kappa shape index (κ3) is 5.02. The maximum atomic E-state index is 12.7. The zero-order chi connectivity index (χ0) is 18.4. The van der Waals surface area contributed by atoms with Gasteiger partial charge in [-0.2, -0.15) is 13.2 Å². The summed E-state index contributed by atoms with van der Waals surface area (Å²) in [7, 11) is 0. The van der Waals surface area contributed by atoms with E-state index in [1.54, 1.807) is 18.7 Å². The Morgan fingerprint density at radius 1 is 0.962 bits per heavy atom. The minimum absolute atomic E-state index is 0.239. The van der Waals surface area contributed by atoms with Crippen molar-refractivity contribution in [2.24, 2.45) is 0 Å². The van der Waals surface area contributed by atoms with Crippen molar-refractivity contribution in [3.05, 3.63) is 78.9 Å². The van der Waals surface area contributed by atoms with Crippen LogP contribution in [0.4, 0.5) is 13.2 Å². The Kier molecular flexibility index (Phi) is 5.46. The summed E-state index contributed by atoms with van der Waals surface area (Å²) < 4.78 is 51.4. The second kappa shape index (κ2) is 7.95. The molecular formula is C19H17F3N2O2. The van der Waals surface area contributed by atoms with Crippen LogP contribution in [0.2, 0.25) is 0 Å². The fraction of sp³-hybridized carbons (Fsp3) is 0.211. The van der Waals surface area contributed by atoms with Gasteiger partial charge in [0.05, 0.1) is 18.4 Å². The van der Waals surface area contributed by atoms with Crippen LogP contribution < -0.4 is 9.47 Å². The van der Waals surface area contributed by atoms with E-state index >= 15 is 0 Å². The lowest BCUT2D eigenvalue weighted by Gasteiger charge is -2.20. The zero-order valence-corrected chi connectivity index (χ0v) is 13.8. The number of aromatic nitrogens is 2. The quantitative estimate of drug-likeness (QED) is 0.624. The average molecular weight is 362 g/mol. The van der Waals surface area contributed by atoms with E-state index in [4.69, 9.17) is 9.47 Å². The van der Waals surface area contributed by atoms with Crippen molar-refractivity contribution in [1.29, 1.82) is 0 Å². The number of imidazole rings is 1. The topological polar surface area (TPSA) is 36.3 Å². The van der Waals surface area contributed by atoms with Gasteiger partial charge in [-0.05, 0) is 36.4 Å². The Bertz CT molecular complexity index is 788. The molecule has 136 valence electrons. The lowest BCUT2D eigenvalue weighted by Crippen LogP contribution is -2.29. The van der Waals surface area contributed by atoms with Gasteiger partial charge < -0.3 is 14.0 Å². The first-order chi connectivity index (χ1) is 12.5. The van der Waals surface area contributed by atoms with Gasteiger partial charge in [0.15, 0.2) is 6.10 Å². The molecule has 0 saturated heterocycles. The van der Waals surface area contributed by atoms with Crippen LogP contribution >= 0.6 is 0 Å². The molecule has 7 heteroatoms. The van der Waals surface area contributed by atoms with Gasteiger partial charge in [-0.1, -0.05) is 18.2 Å². The predicted molar refractivity (Wildman–Crippen MR) is 90.0 cm³/mol. The van der Waals surface area contributed by atoms with Crippen LogP contribution in [0.15, 0.2) is 73.3 Å². The molecule has 0 spiro atoms. The van der Waals surface area contributed by atoms with Crippen molar-refractivity contribution >= 4 is 0 Å². The highest BCUT2D eigenvalue weighted by Crippen LogP contribution is 2.30. The van der Waals surface area contributed by atoms with Crippen LogP contribution in [0.1, 0.15) is 5.56 Å². The van der Waals surface area contributed by atoms with E-state index in [9.17, 15) is 13.2 Å². The monoisotopic (exact) mass is 362 g/mol. The van der Waals surface area contributed by atoms with Gasteiger partial charge in [-0.15, -0.1) is 0 Å². The molecule has 0 bridgehead atoms. The Labute approximate surface area is 148 Å². The third-order valence-corrected chi connectivity index (χ3v) is 3.64. The second-order valence-electron chi connectivity index (χ2n) is 5.65. The normalized spacial score (nSPS) is 12.6. The van der Waals surface area contributed by atoms with Crippen LogP contribution in [-0.4, -0.2) is 22.3 Å². The van der Waals surface area contributed by atoms with E-state index in [0.29, 0.717) is 18.0 Å². The maximum absolute atomic E-state index is 12.7. The van der Waals surface area contributed by atoms with Gasteiger partial charge in [0.2, 0.25) is 0 Å². The number of rotatable bonds is 7. The third-order valence-electron chi connectivity index (χ3n) is 3.64. The molecule has 1 unspecified atom stereocenters. The Morgan fingerprint density at radius 3 is 2.31 bits per heavy atom. The van der Waals surface area contributed by atoms with Gasteiger partial charge >= 0.3 is 6.18 Å². The highest BCUT2D eigenvalue weighted by atomic mass is 19.4. The number of ether oxygens (including phenoxy) is 2. The SMILES string of the molecule is FC(F)(F)c1ccc(OC(COc2ccccc2)Cn2ccnc2)cc1. The number of halogens is 3. The number of hydrogen-bond acceptors (Lipinski definition) is 3. The molecule has 0 aliphatic carbocycles. The highest BCUT2D eigenvalue weighted by molar-refractivity contribution is 5.29. The molecule has 0 N–H and O–H groups in total. The molecule has 0 aliphatic heterocycles. The summed E-state index contributed by atoms with van der Waals surface area (Å²) in [6.45, 7) is 0.692. The average Bonchev–Trinajstić information content (AvgIpc) is 3.13. The standard InChI is InChI=1S/C19H17F3N2O2/c20-19(21,22)15-6-8-17(9-7-15)26-18(12-24-11-10-23-14-24)13-25-16-4-2-1-3-5-16/h1-11,14,18H,12-13H2. The number of nitrogens with zero attached hydrogens (tertiary/aromatic N) is 2. The first kappa shape index (κ1) is 17.8. The van der Waals surface area contributed by atoms with Gasteiger partial charge in [0.25, 0.3) is 0 Å². The molecule has 3 rings (SSSR count). The van der Waals surface area contributed by atoms with E-state index in [1.165, 1.54) is 12.1 Å². The molecule has 1 atom stereocenters. The smallest absolute Gasteiger partial charge is 0.416 e. The summed E-state index contributed by atoms with van der Waals surface area (Å²) in [5, 5.41) is 0. The van der Waals surface area contributed by atoms with Crippen molar-refractivity contribution in [2.75, 3.05) is 6.61 Å². The van der Waals surface area contributed by atoms with Crippen molar-refractivity contribution in [3.63, 3.8) is 0 Å². The molecule has 0 saturated carbocycles. The van der Waals surface area contributed by atoms with Gasteiger partial charge in [0.1, 0.15) is 18.1 Å². The maximum Gasteiger partial charge on any atom is 0.416 e. The molecule has 0 amide bonds. The van der Waals surface area contributed by atoms with Gasteiger partial charge in [0, 0.05) is 12.4 Å². The summed E-state index contributed by atoms with van der Waals surface area (Å²) in [4.78, 5) is 3.98. The summed E-state index contributed by atoms with van der Waals surface area (Å²) in [6.07, 6.45) is 0.302. The molecule has 2 aromatic carbocycles. The van der Waals surface area contributed by atoms with Crippen molar-refractivity contribution < 1.29 is 22.6 Å². The van der Waals surface area contributed by atoms with E-state index in [2.05, 4.69) is 4.98 Å². The lowest BCUT2D eigenvalue weighted by molar-refractivity contribution is -0.137. The van der Waals surface area contributed by atoms with Crippen LogP contribution in [0, 0.1) is 0 Å². The first-order valence-electron chi connectivity index (χ1n) is 7.98. The number of hydrogen-bond donors (Lipinski definition) is 0. The fourth-order valence-electron chi connectivity index (χ4n) is 2.37. The Balaban J connectivity index is 1.68. The van der Waals surface area contributed by atoms with E-state index in [0.717, 1.165) is 12.1 Å². The molecule has 3 aromatic rings. The molecule has 26 heavy (non-hydrogen) atoms.